The average Bonchev–Trinajstić information content (AvgIpc) is 3.05. The topological polar surface area (TPSA) is 92.1 Å². The van der Waals surface area contributed by atoms with Crippen LogP contribution in [-0.2, 0) is 6.54 Å². The summed E-state index contributed by atoms with van der Waals surface area (Å²) in [7, 11) is 0. The zero-order valence-corrected chi connectivity index (χ0v) is 14.5. The van der Waals surface area contributed by atoms with Gasteiger partial charge >= 0.3 is 0 Å². The van der Waals surface area contributed by atoms with E-state index in [2.05, 4.69) is 20.6 Å². The van der Waals surface area contributed by atoms with Gasteiger partial charge in [0.05, 0.1) is 11.0 Å². The molecule has 0 fully saturated rings. The van der Waals surface area contributed by atoms with Gasteiger partial charge in [-0.1, -0.05) is 35.0 Å². The van der Waals surface area contributed by atoms with Gasteiger partial charge in [-0.05, 0) is 42.3 Å². The van der Waals surface area contributed by atoms with Crippen LogP contribution in [0.4, 0.5) is 0 Å². The second-order valence-corrected chi connectivity index (χ2v) is 6.42. The van der Waals surface area contributed by atoms with Crippen molar-refractivity contribution in [3.8, 4) is 0 Å². The van der Waals surface area contributed by atoms with Gasteiger partial charge in [-0.2, -0.15) is 0 Å². The molecule has 0 unspecified atom stereocenters. The number of carbonyl (C=O) groups is 1. The lowest BCUT2D eigenvalue weighted by atomic mass is 10.2. The first-order chi connectivity index (χ1) is 12.5. The maximum Gasteiger partial charge on any atom is 0.277 e. The minimum absolute atomic E-state index is 0.0178. The van der Waals surface area contributed by atoms with Crippen molar-refractivity contribution < 1.29 is 4.79 Å². The lowest BCUT2D eigenvalue weighted by Crippen LogP contribution is -2.25. The summed E-state index contributed by atoms with van der Waals surface area (Å²) in [6.07, 6.45) is 0. The van der Waals surface area contributed by atoms with Gasteiger partial charge < -0.3 is 10.3 Å². The molecule has 2 N–H and O–H groups in total. The third-order valence-corrected chi connectivity index (χ3v) is 4.31. The van der Waals surface area contributed by atoms with Crippen molar-refractivity contribution in [2.75, 3.05) is 0 Å². The van der Waals surface area contributed by atoms with Crippen molar-refractivity contribution in [2.45, 2.75) is 13.5 Å². The van der Waals surface area contributed by atoms with Crippen LogP contribution in [0.1, 0.15) is 21.6 Å². The fourth-order valence-electron chi connectivity index (χ4n) is 2.84. The molecule has 2 aromatic heterocycles. The summed E-state index contributed by atoms with van der Waals surface area (Å²) in [5.74, 6) is -0.475. The minimum atomic E-state index is -0.475. The molecule has 0 atom stereocenters. The summed E-state index contributed by atoms with van der Waals surface area (Å²) >= 11 is 5.94. The molecule has 8 heteroatoms. The Morgan fingerprint density at radius 2 is 2.12 bits per heavy atom. The predicted octanol–water partition coefficient (Wildman–Crippen LogP) is 2.46. The Morgan fingerprint density at radius 3 is 2.92 bits per heavy atom. The van der Waals surface area contributed by atoms with Crippen molar-refractivity contribution >= 4 is 34.1 Å². The Balaban J connectivity index is 1.71. The number of carbonyl (C=O) groups excluding carboxylic acids is 1. The fraction of sp³-hybridized carbons (Fsp3) is 0.111. The van der Waals surface area contributed by atoms with E-state index in [0.29, 0.717) is 16.1 Å². The van der Waals surface area contributed by atoms with Crippen molar-refractivity contribution in [1.82, 2.24) is 25.1 Å². The number of aryl methyl sites for hydroxylation is 1. The fourth-order valence-corrected chi connectivity index (χ4v) is 3.05. The van der Waals surface area contributed by atoms with Crippen LogP contribution in [0.15, 0.2) is 47.3 Å². The van der Waals surface area contributed by atoms with E-state index in [9.17, 15) is 9.59 Å². The maximum atomic E-state index is 12.5. The van der Waals surface area contributed by atoms with Crippen LogP contribution in [-0.4, -0.2) is 25.7 Å². The van der Waals surface area contributed by atoms with Gasteiger partial charge in [-0.15, -0.1) is 5.10 Å². The first kappa shape index (κ1) is 16.3. The number of nitrogens with zero attached hydrogens (tertiary/aromatic N) is 3. The molecule has 2 aromatic carbocycles. The minimum Gasteiger partial charge on any atom is -0.346 e. The number of fused-ring (bicyclic) bond motifs is 3. The van der Waals surface area contributed by atoms with Gasteiger partial charge in [0.25, 0.3) is 11.5 Å². The van der Waals surface area contributed by atoms with E-state index in [1.165, 1.54) is 4.52 Å². The zero-order valence-electron chi connectivity index (χ0n) is 13.8. The molecule has 0 saturated carbocycles. The average molecular weight is 368 g/mol. The molecule has 4 aromatic rings. The second kappa shape index (κ2) is 6.27. The number of amides is 1. The maximum absolute atomic E-state index is 12.5. The number of nitrogens with one attached hydrogen (secondary N) is 2. The molecular weight excluding hydrogens is 354 g/mol. The number of H-pyrrole nitrogens is 1. The third kappa shape index (κ3) is 2.82. The molecule has 1 amide bonds. The second-order valence-electron chi connectivity index (χ2n) is 5.99. The van der Waals surface area contributed by atoms with E-state index in [1.807, 2.05) is 31.2 Å². The zero-order chi connectivity index (χ0) is 18.3. The van der Waals surface area contributed by atoms with Gasteiger partial charge in [0.2, 0.25) is 0 Å². The summed E-state index contributed by atoms with van der Waals surface area (Å²) in [6.45, 7) is 2.20. The van der Waals surface area contributed by atoms with Crippen molar-refractivity contribution in [2.24, 2.45) is 0 Å². The Kier molecular flexibility index (Phi) is 3.93. The normalized spacial score (nSPS) is 11.2. The van der Waals surface area contributed by atoms with Gasteiger partial charge in [-0.3, -0.25) is 9.59 Å². The summed E-state index contributed by atoms with van der Waals surface area (Å²) in [5, 5.41) is 11.2. The monoisotopic (exact) mass is 367 g/mol. The molecule has 130 valence electrons. The van der Waals surface area contributed by atoms with Crippen LogP contribution in [0.2, 0.25) is 5.02 Å². The smallest absolute Gasteiger partial charge is 0.277 e. The van der Waals surface area contributed by atoms with Gasteiger partial charge in [-0.25, -0.2) is 4.52 Å². The highest BCUT2D eigenvalue weighted by Gasteiger charge is 2.19. The Bertz CT molecular complexity index is 1210. The van der Waals surface area contributed by atoms with E-state index in [0.717, 1.165) is 11.1 Å². The summed E-state index contributed by atoms with van der Waals surface area (Å²) in [5.41, 5.74) is 2.84. The molecule has 0 spiro atoms. The summed E-state index contributed by atoms with van der Waals surface area (Å²) < 4.78 is 1.39. The van der Waals surface area contributed by atoms with Crippen LogP contribution in [0.25, 0.3) is 16.6 Å². The van der Waals surface area contributed by atoms with E-state index in [-0.39, 0.29) is 17.8 Å². The van der Waals surface area contributed by atoms with Crippen LogP contribution >= 0.6 is 11.6 Å². The third-order valence-electron chi connectivity index (χ3n) is 4.07. The molecule has 7 nitrogen and oxygen atoms in total. The summed E-state index contributed by atoms with van der Waals surface area (Å²) in [6, 6.07) is 12.7. The first-order valence-electron chi connectivity index (χ1n) is 7.93. The molecule has 4 rings (SSSR count). The number of hydrogen-bond acceptors (Lipinski definition) is 4. The molecule has 0 saturated heterocycles. The number of hydrogen-bond donors (Lipinski definition) is 2. The Morgan fingerprint density at radius 1 is 1.27 bits per heavy atom. The van der Waals surface area contributed by atoms with Crippen LogP contribution in [0, 0.1) is 6.92 Å². The number of rotatable bonds is 3. The molecular formula is C18H14ClN5O2. The number of aromatic amines is 1. The molecule has 26 heavy (non-hydrogen) atoms. The SMILES string of the molecule is Cc1ccc2c(c1)[nH]c(=O)c1c(C(=O)NCc3cccc(Cl)c3)nnn12. The lowest BCUT2D eigenvalue weighted by Gasteiger charge is -2.05. The molecule has 0 aliphatic heterocycles. The first-order valence-corrected chi connectivity index (χ1v) is 8.31. The quantitative estimate of drug-likeness (QED) is 0.581. The highest BCUT2D eigenvalue weighted by molar-refractivity contribution is 6.30. The van der Waals surface area contributed by atoms with E-state index < -0.39 is 11.5 Å². The van der Waals surface area contributed by atoms with E-state index in [1.54, 1.807) is 18.2 Å². The molecule has 0 bridgehead atoms. The van der Waals surface area contributed by atoms with Crippen molar-refractivity contribution in [3.05, 3.63) is 74.7 Å². The number of halogens is 1. The van der Waals surface area contributed by atoms with E-state index >= 15 is 0 Å². The van der Waals surface area contributed by atoms with E-state index in [4.69, 9.17) is 11.6 Å². The van der Waals surface area contributed by atoms with Gasteiger partial charge in [0.1, 0.15) is 0 Å². The Labute approximate surface area is 152 Å². The van der Waals surface area contributed by atoms with Gasteiger partial charge in [0.15, 0.2) is 11.2 Å². The molecule has 0 radical (unpaired) electrons. The summed E-state index contributed by atoms with van der Waals surface area (Å²) in [4.78, 5) is 27.7. The number of aromatic nitrogens is 4. The largest absolute Gasteiger partial charge is 0.346 e. The predicted molar refractivity (Wildman–Crippen MR) is 98.5 cm³/mol. The molecule has 2 heterocycles. The van der Waals surface area contributed by atoms with Crippen LogP contribution in [0.5, 0.6) is 0 Å². The van der Waals surface area contributed by atoms with Crippen LogP contribution in [0.3, 0.4) is 0 Å². The Hall–Kier alpha value is -3.19. The standard InChI is InChI=1S/C18H14ClN5O2/c1-10-5-6-14-13(7-10)21-18(26)16-15(22-23-24(14)16)17(25)20-9-11-3-2-4-12(19)8-11/h2-8H,9H2,1H3,(H,20,25)(H,21,26). The molecule has 0 aliphatic rings. The van der Waals surface area contributed by atoms with Crippen LogP contribution < -0.4 is 10.9 Å². The van der Waals surface area contributed by atoms with Crippen molar-refractivity contribution in [3.63, 3.8) is 0 Å². The highest BCUT2D eigenvalue weighted by Crippen LogP contribution is 2.15. The lowest BCUT2D eigenvalue weighted by molar-refractivity contribution is 0.0947. The van der Waals surface area contributed by atoms with Gasteiger partial charge in [0, 0.05) is 11.6 Å². The number of benzene rings is 2. The highest BCUT2D eigenvalue weighted by atomic mass is 35.5. The van der Waals surface area contributed by atoms with Crippen molar-refractivity contribution in [1.29, 1.82) is 0 Å². The molecule has 0 aliphatic carbocycles.